The van der Waals surface area contributed by atoms with Crippen LogP contribution in [0, 0.1) is 5.82 Å². The lowest BCUT2D eigenvalue weighted by Gasteiger charge is -2.18. The van der Waals surface area contributed by atoms with Crippen LogP contribution in [0.5, 0.6) is 0 Å². The van der Waals surface area contributed by atoms with E-state index in [1.807, 2.05) is 0 Å². The minimum atomic E-state index is -1.17. The lowest BCUT2D eigenvalue weighted by atomic mass is 10.1. The standard InChI is InChI=1S/C14H14ClF2N3/c15-13-12(5-11(16)7-18-13)10-6-19-20(8-10)9-14(17)3-1-2-4-14/h5-8H,1-4,9H2. The molecule has 1 aliphatic carbocycles. The largest absolute Gasteiger partial charge is 0.269 e. The van der Waals surface area contributed by atoms with Crippen molar-refractivity contribution in [2.24, 2.45) is 0 Å². The van der Waals surface area contributed by atoms with Crippen molar-refractivity contribution in [3.05, 3.63) is 35.6 Å². The third kappa shape index (κ3) is 2.68. The summed E-state index contributed by atoms with van der Waals surface area (Å²) in [6.07, 6.45) is 7.29. The Morgan fingerprint density at radius 2 is 2.05 bits per heavy atom. The molecule has 0 spiro atoms. The van der Waals surface area contributed by atoms with Gasteiger partial charge in [-0.15, -0.1) is 0 Å². The number of aromatic nitrogens is 3. The van der Waals surface area contributed by atoms with Crippen LogP contribution in [-0.4, -0.2) is 20.4 Å². The van der Waals surface area contributed by atoms with E-state index in [0.717, 1.165) is 19.0 Å². The van der Waals surface area contributed by atoms with Crippen molar-refractivity contribution in [2.45, 2.75) is 37.9 Å². The molecular weight excluding hydrogens is 284 g/mol. The Kier molecular flexibility index (Phi) is 3.46. The molecule has 106 valence electrons. The molecule has 0 radical (unpaired) electrons. The van der Waals surface area contributed by atoms with Crippen molar-refractivity contribution < 1.29 is 8.78 Å². The molecule has 1 fully saturated rings. The van der Waals surface area contributed by atoms with E-state index in [4.69, 9.17) is 11.6 Å². The molecule has 20 heavy (non-hydrogen) atoms. The first-order valence-electron chi connectivity index (χ1n) is 6.59. The summed E-state index contributed by atoms with van der Waals surface area (Å²) < 4.78 is 29.2. The molecule has 0 unspecified atom stereocenters. The van der Waals surface area contributed by atoms with Crippen molar-refractivity contribution in [1.82, 2.24) is 14.8 Å². The molecule has 0 aromatic carbocycles. The summed E-state index contributed by atoms with van der Waals surface area (Å²) in [5.41, 5.74) is -0.0614. The van der Waals surface area contributed by atoms with Crippen molar-refractivity contribution in [2.75, 3.05) is 0 Å². The fourth-order valence-corrected chi connectivity index (χ4v) is 2.88. The van der Waals surface area contributed by atoms with E-state index in [1.165, 1.54) is 6.07 Å². The Bertz CT molecular complexity index is 621. The van der Waals surface area contributed by atoms with Gasteiger partial charge in [0.05, 0.1) is 18.9 Å². The van der Waals surface area contributed by atoms with Gasteiger partial charge in [0.25, 0.3) is 0 Å². The second-order valence-electron chi connectivity index (χ2n) is 5.28. The fraction of sp³-hybridized carbons (Fsp3) is 0.429. The molecule has 3 rings (SSSR count). The maximum atomic E-state index is 14.4. The Morgan fingerprint density at radius 1 is 1.30 bits per heavy atom. The highest BCUT2D eigenvalue weighted by molar-refractivity contribution is 6.32. The quantitative estimate of drug-likeness (QED) is 0.801. The number of halogens is 3. The Balaban J connectivity index is 1.84. The molecule has 2 aromatic heterocycles. The monoisotopic (exact) mass is 297 g/mol. The van der Waals surface area contributed by atoms with Gasteiger partial charge in [0.2, 0.25) is 0 Å². The third-order valence-corrected chi connectivity index (χ3v) is 4.00. The van der Waals surface area contributed by atoms with Crippen LogP contribution in [0.2, 0.25) is 5.15 Å². The number of nitrogens with zero attached hydrogens (tertiary/aromatic N) is 3. The molecule has 2 aromatic rings. The second-order valence-corrected chi connectivity index (χ2v) is 5.63. The predicted octanol–water partition coefficient (Wildman–Crippen LogP) is 4.02. The SMILES string of the molecule is Fc1cnc(Cl)c(-c2cnn(CC3(F)CCCC3)c2)c1. The average molecular weight is 298 g/mol. The highest BCUT2D eigenvalue weighted by Gasteiger charge is 2.34. The smallest absolute Gasteiger partial charge is 0.142 e. The maximum Gasteiger partial charge on any atom is 0.142 e. The highest BCUT2D eigenvalue weighted by atomic mass is 35.5. The van der Waals surface area contributed by atoms with Gasteiger partial charge in [0, 0.05) is 17.3 Å². The highest BCUT2D eigenvalue weighted by Crippen LogP contribution is 2.35. The van der Waals surface area contributed by atoms with E-state index >= 15 is 0 Å². The lowest BCUT2D eigenvalue weighted by Crippen LogP contribution is -2.25. The van der Waals surface area contributed by atoms with Gasteiger partial charge in [-0.25, -0.2) is 13.8 Å². The Labute approximate surface area is 120 Å². The van der Waals surface area contributed by atoms with Gasteiger partial charge in [0.1, 0.15) is 16.6 Å². The molecule has 0 N–H and O–H groups in total. The summed E-state index contributed by atoms with van der Waals surface area (Å²) in [7, 11) is 0. The molecule has 0 atom stereocenters. The van der Waals surface area contributed by atoms with Crippen molar-refractivity contribution in [1.29, 1.82) is 0 Å². The number of hydrogen-bond donors (Lipinski definition) is 0. The zero-order chi connectivity index (χ0) is 14.2. The summed E-state index contributed by atoms with van der Waals surface area (Å²) in [5.74, 6) is -0.463. The normalized spacial score (nSPS) is 17.6. The molecule has 6 heteroatoms. The van der Waals surface area contributed by atoms with Crippen LogP contribution in [0.15, 0.2) is 24.7 Å². The topological polar surface area (TPSA) is 30.7 Å². The van der Waals surface area contributed by atoms with Crippen LogP contribution < -0.4 is 0 Å². The zero-order valence-electron chi connectivity index (χ0n) is 10.8. The molecular formula is C14H14ClF2N3. The number of rotatable bonds is 3. The van der Waals surface area contributed by atoms with Gasteiger partial charge in [-0.3, -0.25) is 4.68 Å². The predicted molar refractivity (Wildman–Crippen MR) is 72.7 cm³/mol. The summed E-state index contributed by atoms with van der Waals surface area (Å²) in [6.45, 7) is 0.230. The average Bonchev–Trinajstić information content (AvgIpc) is 3.02. The Morgan fingerprint density at radius 3 is 2.80 bits per heavy atom. The molecule has 2 heterocycles. The van der Waals surface area contributed by atoms with Gasteiger partial charge in [0.15, 0.2) is 0 Å². The third-order valence-electron chi connectivity index (χ3n) is 3.69. The van der Waals surface area contributed by atoms with Crippen LogP contribution in [0.25, 0.3) is 11.1 Å². The van der Waals surface area contributed by atoms with Crippen LogP contribution in [0.4, 0.5) is 8.78 Å². The van der Waals surface area contributed by atoms with E-state index < -0.39 is 11.5 Å². The van der Waals surface area contributed by atoms with E-state index in [1.54, 1.807) is 17.1 Å². The molecule has 0 aliphatic heterocycles. The van der Waals surface area contributed by atoms with Crippen LogP contribution >= 0.6 is 11.6 Å². The summed E-state index contributed by atoms with van der Waals surface area (Å²) in [4.78, 5) is 3.76. The minimum Gasteiger partial charge on any atom is -0.269 e. The first kappa shape index (κ1) is 13.5. The maximum absolute atomic E-state index is 14.4. The van der Waals surface area contributed by atoms with E-state index in [9.17, 15) is 8.78 Å². The van der Waals surface area contributed by atoms with Gasteiger partial charge in [-0.05, 0) is 18.9 Å². The number of pyridine rings is 1. The lowest BCUT2D eigenvalue weighted by molar-refractivity contribution is 0.139. The number of alkyl halides is 1. The zero-order valence-corrected chi connectivity index (χ0v) is 11.6. The summed E-state index contributed by atoms with van der Waals surface area (Å²) in [6, 6.07) is 1.30. The summed E-state index contributed by atoms with van der Waals surface area (Å²) in [5, 5.41) is 4.35. The van der Waals surface area contributed by atoms with Gasteiger partial charge >= 0.3 is 0 Å². The second kappa shape index (κ2) is 5.13. The fourth-order valence-electron chi connectivity index (χ4n) is 2.67. The van der Waals surface area contributed by atoms with Gasteiger partial charge in [-0.2, -0.15) is 5.10 Å². The first-order chi connectivity index (χ1) is 9.56. The molecule has 0 bridgehead atoms. The van der Waals surface area contributed by atoms with Gasteiger partial charge in [-0.1, -0.05) is 24.4 Å². The van der Waals surface area contributed by atoms with Crippen LogP contribution in [-0.2, 0) is 6.54 Å². The number of hydrogen-bond acceptors (Lipinski definition) is 2. The van der Waals surface area contributed by atoms with Crippen molar-refractivity contribution in [3.8, 4) is 11.1 Å². The van der Waals surface area contributed by atoms with Crippen LogP contribution in [0.3, 0.4) is 0 Å². The molecule has 3 nitrogen and oxygen atoms in total. The molecule has 0 amide bonds. The van der Waals surface area contributed by atoms with E-state index in [-0.39, 0.29) is 11.7 Å². The first-order valence-corrected chi connectivity index (χ1v) is 6.96. The van der Waals surface area contributed by atoms with Gasteiger partial charge < -0.3 is 0 Å². The van der Waals surface area contributed by atoms with E-state index in [0.29, 0.717) is 24.0 Å². The van der Waals surface area contributed by atoms with Crippen molar-refractivity contribution >= 4 is 11.6 Å². The molecule has 1 aliphatic rings. The molecule has 1 saturated carbocycles. The van der Waals surface area contributed by atoms with E-state index in [2.05, 4.69) is 10.1 Å². The Hall–Kier alpha value is -1.49. The van der Waals surface area contributed by atoms with Crippen LogP contribution in [0.1, 0.15) is 25.7 Å². The summed E-state index contributed by atoms with van der Waals surface area (Å²) >= 11 is 5.95. The minimum absolute atomic E-state index is 0.210. The van der Waals surface area contributed by atoms with Crippen molar-refractivity contribution in [3.63, 3.8) is 0 Å². The molecule has 0 saturated heterocycles.